The zero-order valence-corrected chi connectivity index (χ0v) is 19.0. The van der Waals surface area contributed by atoms with Crippen LogP contribution in [0, 0.1) is 0 Å². The maximum atomic E-state index is 12.4. The fourth-order valence-electron chi connectivity index (χ4n) is 4.29. The molecule has 1 aliphatic heterocycles. The summed E-state index contributed by atoms with van der Waals surface area (Å²) in [6.45, 7) is 9.23. The van der Waals surface area contributed by atoms with Crippen molar-refractivity contribution in [1.29, 1.82) is 0 Å². The lowest BCUT2D eigenvalue weighted by molar-refractivity contribution is -0.131. The Labute approximate surface area is 187 Å². The number of nitrogens with one attached hydrogen (secondary N) is 2. The highest BCUT2D eigenvalue weighted by Crippen LogP contribution is 2.23. The number of piperazine rings is 1. The van der Waals surface area contributed by atoms with Gasteiger partial charge in [0.05, 0.1) is 6.20 Å². The molecule has 9 heteroatoms. The van der Waals surface area contributed by atoms with Gasteiger partial charge >= 0.3 is 5.69 Å². The number of H-pyrrole nitrogens is 1. The number of amides is 1. The van der Waals surface area contributed by atoms with Gasteiger partial charge in [0.15, 0.2) is 5.65 Å². The summed E-state index contributed by atoms with van der Waals surface area (Å²) in [5.74, 6) is 0.675. The molecule has 0 atom stereocenters. The van der Waals surface area contributed by atoms with Crippen LogP contribution in [0.3, 0.4) is 0 Å². The Bertz CT molecular complexity index is 1120. The number of benzene rings is 1. The number of carbonyl (C=O) groups excluding carboxylic acids is 1. The van der Waals surface area contributed by atoms with Crippen LogP contribution in [0.15, 0.2) is 35.3 Å². The quantitative estimate of drug-likeness (QED) is 0.589. The summed E-state index contributed by atoms with van der Waals surface area (Å²) in [5.41, 5.74) is 3.12. The van der Waals surface area contributed by atoms with Gasteiger partial charge in [0.2, 0.25) is 11.9 Å². The molecule has 9 nitrogen and oxygen atoms in total. The van der Waals surface area contributed by atoms with E-state index in [4.69, 9.17) is 0 Å². The van der Waals surface area contributed by atoms with Gasteiger partial charge in [0.25, 0.3) is 0 Å². The molecule has 1 aromatic carbocycles. The van der Waals surface area contributed by atoms with E-state index < -0.39 is 0 Å². The Hall–Kier alpha value is -3.36. The highest BCUT2D eigenvalue weighted by Gasteiger charge is 2.20. The number of nitrogens with zero attached hydrogens (tertiary/aromatic N) is 5. The Balaban J connectivity index is 1.47. The fourth-order valence-corrected chi connectivity index (χ4v) is 4.29. The summed E-state index contributed by atoms with van der Waals surface area (Å²) in [7, 11) is 0. The van der Waals surface area contributed by atoms with Crippen LogP contribution in [0.1, 0.15) is 46.1 Å². The molecule has 1 saturated heterocycles. The van der Waals surface area contributed by atoms with Crippen molar-refractivity contribution in [3.63, 3.8) is 0 Å². The van der Waals surface area contributed by atoms with Gasteiger partial charge in [-0.15, -0.1) is 0 Å². The number of carbonyl (C=O) groups is 1. The minimum atomic E-state index is -0.148. The first-order valence-corrected chi connectivity index (χ1v) is 11.4. The third-order valence-electron chi connectivity index (χ3n) is 6.19. The molecule has 2 aromatic heterocycles. The lowest BCUT2D eigenvalue weighted by Crippen LogP contribution is -2.48. The van der Waals surface area contributed by atoms with Crippen molar-refractivity contribution in [3.8, 4) is 0 Å². The maximum absolute atomic E-state index is 12.4. The molecule has 32 heavy (non-hydrogen) atoms. The molecule has 3 aromatic rings. The van der Waals surface area contributed by atoms with E-state index in [-0.39, 0.29) is 17.6 Å². The van der Waals surface area contributed by atoms with Crippen LogP contribution in [-0.4, -0.2) is 56.5 Å². The second-order valence-corrected chi connectivity index (χ2v) is 8.09. The van der Waals surface area contributed by atoms with Gasteiger partial charge in [0.1, 0.15) is 5.52 Å². The van der Waals surface area contributed by atoms with Gasteiger partial charge in [-0.25, -0.2) is 9.78 Å². The third kappa shape index (κ3) is 4.32. The molecule has 2 N–H and O–H groups in total. The van der Waals surface area contributed by atoms with E-state index in [1.54, 1.807) is 10.8 Å². The van der Waals surface area contributed by atoms with Crippen molar-refractivity contribution in [3.05, 3.63) is 40.9 Å². The van der Waals surface area contributed by atoms with Crippen LogP contribution in [0.4, 0.5) is 17.3 Å². The Morgan fingerprint density at radius 2 is 1.78 bits per heavy atom. The molecule has 1 amide bonds. The largest absolute Gasteiger partial charge is 0.368 e. The normalized spacial score (nSPS) is 14.4. The molecule has 4 rings (SSSR count). The molecule has 170 valence electrons. The minimum absolute atomic E-state index is 0.103. The number of aromatic nitrogens is 4. The van der Waals surface area contributed by atoms with Crippen molar-refractivity contribution >= 4 is 34.4 Å². The van der Waals surface area contributed by atoms with Crippen LogP contribution >= 0.6 is 0 Å². The van der Waals surface area contributed by atoms with Gasteiger partial charge in [0, 0.05) is 50.0 Å². The number of aromatic amines is 1. The summed E-state index contributed by atoms with van der Waals surface area (Å²) < 4.78 is 1.73. The molecule has 0 saturated carbocycles. The van der Waals surface area contributed by atoms with E-state index in [1.807, 2.05) is 24.0 Å². The van der Waals surface area contributed by atoms with Crippen LogP contribution in [0.5, 0.6) is 0 Å². The summed E-state index contributed by atoms with van der Waals surface area (Å²) in [6, 6.07) is 8.23. The number of fused-ring (bicyclic) bond motifs is 1. The highest BCUT2D eigenvalue weighted by molar-refractivity contribution is 5.76. The zero-order valence-electron chi connectivity index (χ0n) is 19.0. The maximum Gasteiger partial charge on any atom is 0.327 e. The van der Waals surface area contributed by atoms with Gasteiger partial charge in [-0.05, 0) is 37.1 Å². The second-order valence-electron chi connectivity index (χ2n) is 8.09. The van der Waals surface area contributed by atoms with E-state index in [2.05, 4.69) is 51.1 Å². The first-order valence-electron chi connectivity index (χ1n) is 11.4. The Kier molecular flexibility index (Phi) is 6.43. The smallest absolute Gasteiger partial charge is 0.327 e. The molecule has 1 fully saturated rings. The monoisotopic (exact) mass is 437 g/mol. The van der Waals surface area contributed by atoms with Crippen LogP contribution < -0.4 is 15.9 Å². The summed E-state index contributed by atoms with van der Waals surface area (Å²) in [6.07, 6.45) is 3.93. The first-order chi connectivity index (χ1) is 15.5. The number of hydrogen-bond acceptors (Lipinski definition) is 6. The summed E-state index contributed by atoms with van der Waals surface area (Å²) >= 11 is 0. The van der Waals surface area contributed by atoms with Crippen LogP contribution in [0.25, 0.3) is 11.2 Å². The molecule has 0 aliphatic carbocycles. The number of imidazole rings is 1. The standard InChI is InChI=1S/C23H31N7O2/c1-4-17(5-2)30-21-19(26-23(30)32)15-24-22(27-21)25-16-7-9-18(10-8-16)28-11-13-29(14-12-28)20(31)6-3/h7-10,15,17H,4-6,11-14H2,1-3H3,(H,26,32)(H,24,25,27). The number of anilines is 3. The van der Waals surface area contributed by atoms with Crippen LogP contribution in [0.2, 0.25) is 0 Å². The lowest BCUT2D eigenvalue weighted by Gasteiger charge is -2.36. The lowest BCUT2D eigenvalue weighted by atomic mass is 10.2. The molecule has 1 aliphatic rings. The van der Waals surface area contributed by atoms with E-state index in [0.717, 1.165) is 50.4 Å². The van der Waals surface area contributed by atoms with E-state index in [9.17, 15) is 9.59 Å². The van der Waals surface area contributed by atoms with E-state index in [1.165, 1.54) is 0 Å². The predicted molar refractivity (Wildman–Crippen MR) is 127 cm³/mol. The molecular formula is C23H31N7O2. The van der Waals surface area contributed by atoms with Crippen molar-refractivity contribution < 1.29 is 4.79 Å². The van der Waals surface area contributed by atoms with E-state index >= 15 is 0 Å². The summed E-state index contributed by atoms with van der Waals surface area (Å²) in [5, 5.41) is 3.24. The topological polar surface area (TPSA) is 99.2 Å². The highest BCUT2D eigenvalue weighted by atomic mass is 16.2. The van der Waals surface area contributed by atoms with Crippen molar-refractivity contribution in [2.24, 2.45) is 0 Å². The SMILES string of the molecule is CCC(=O)N1CCN(c2ccc(Nc3ncc4[nH]c(=O)n(C(CC)CC)c4n3)cc2)CC1. The van der Waals surface area contributed by atoms with Crippen molar-refractivity contribution in [1.82, 2.24) is 24.4 Å². The third-order valence-corrected chi connectivity index (χ3v) is 6.19. The molecule has 3 heterocycles. The average Bonchev–Trinajstić information content (AvgIpc) is 3.15. The minimum Gasteiger partial charge on any atom is -0.368 e. The Morgan fingerprint density at radius 3 is 2.41 bits per heavy atom. The number of hydrogen-bond donors (Lipinski definition) is 2. The molecule has 0 unspecified atom stereocenters. The van der Waals surface area contributed by atoms with Gasteiger partial charge in [-0.2, -0.15) is 4.98 Å². The molecule has 0 radical (unpaired) electrons. The molecule has 0 spiro atoms. The Morgan fingerprint density at radius 1 is 1.09 bits per heavy atom. The second kappa shape index (κ2) is 9.42. The van der Waals surface area contributed by atoms with Gasteiger partial charge in [-0.1, -0.05) is 20.8 Å². The van der Waals surface area contributed by atoms with Crippen LogP contribution in [-0.2, 0) is 4.79 Å². The van der Waals surface area contributed by atoms with Crippen molar-refractivity contribution in [2.45, 2.75) is 46.1 Å². The summed E-state index contributed by atoms with van der Waals surface area (Å²) in [4.78, 5) is 40.3. The van der Waals surface area contributed by atoms with Gasteiger partial charge < -0.3 is 20.1 Å². The fraction of sp³-hybridized carbons (Fsp3) is 0.478. The first kappa shape index (κ1) is 21.9. The average molecular weight is 438 g/mol. The number of rotatable bonds is 7. The van der Waals surface area contributed by atoms with Gasteiger partial charge in [-0.3, -0.25) is 9.36 Å². The zero-order chi connectivity index (χ0) is 22.7. The van der Waals surface area contributed by atoms with Crippen molar-refractivity contribution in [2.75, 3.05) is 36.4 Å². The van der Waals surface area contributed by atoms with E-state index in [0.29, 0.717) is 23.5 Å². The molecular weight excluding hydrogens is 406 g/mol. The predicted octanol–water partition coefficient (Wildman–Crippen LogP) is 3.28. The molecule has 0 bridgehead atoms.